The molecule has 0 fully saturated rings. The second-order valence-electron chi connectivity index (χ2n) is 5.44. The molecule has 0 amide bonds. The number of nitrogens with two attached hydrogens (primary N) is 1. The lowest BCUT2D eigenvalue weighted by atomic mass is 10.0. The Hall–Kier alpha value is -2.63. The summed E-state index contributed by atoms with van der Waals surface area (Å²) in [5.74, 6) is 1.79. The van der Waals surface area contributed by atoms with Crippen LogP contribution in [0, 0.1) is 0 Å². The highest BCUT2D eigenvalue weighted by Crippen LogP contribution is 2.19. The molecule has 0 atom stereocenters. The van der Waals surface area contributed by atoms with Crippen molar-refractivity contribution in [1.82, 2.24) is 19.5 Å². The zero-order chi connectivity index (χ0) is 15.5. The molecule has 0 radical (unpaired) electrons. The number of nitrogens with zero attached hydrogens (tertiary/aromatic N) is 4. The normalized spacial score (nSPS) is 11.2. The molecule has 0 aliphatic rings. The Morgan fingerprint density at radius 2 is 1.91 bits per heavy atom. The first kappa shape index (κ1) is 14.3. The molecule has 0 saturated carbocycles. The van der Waals surface area contributed by atoms with Gasteiger partial charge in [0.1, 0.15) is 24.2 Å². The average Bonchev–Trinajstić information content (AvgIpc) is 2.93. The van der Waals surface area contributed by atoms with Gasteiger partial charge in [0.25, 0.3) is 0 Å². The van der Waals surface area contributed by atoms with Gasteiger partial charge in [-0.25, -0.2) is 15.0 Å². The van der Waals surface area contributed by atoms with Crippen LogP contribution < -0.4 is 10.5 Å². The second-order valence-corrected chi connectivity index (χ2v) is 5.44. The summed E-state index contributed by atoms with van der Waals surface area (Å²) >= 11 is 0. The van der Waals surface area contributed by atoms with Gasteiger partial charge in [-0.15, -0.1) is 0 Å². The van der Waals surface area contributed by atoms with Crippen molar-refractivity contribution in [3.8, 4) is 5.75 Å². The molecule has 0 aliphatic heterocycles. The highest BCUT2D eigenvalue weighted by molar-refractivity contribution is 5.81. The molecule has 3 aromatic rings. The fraction of sp³-hybridized carbons (Fsp3) is 0.312. The molecule has 6 heteroatoms. The topological polar surface area (TPSA) is 78.9 Å². The van der Waals surface area contributed by atoms with Crippen LogP contribution in [0.1, 0.15) is 25.3 Å². The minimum absolute atomic E-state index is 0.397. The minimum Gasteiger partial charge on any atom is -0.492 e. The Balaban J connectivity index is 1.63. The van der Waals surface area contributed by atoms with Crippen molar-refractivity contribution in [3.63, 3.8) is 0 Å². The van der Waals surface area contributed by atoms with Crippen LogP contribution in [-0.4, -0.2) is 26.1 Å². The smallest absolute Gasteiger partial charge is 0.165 e. The third-order valence-electron chi connectivity index (χ3n) is 3.58. The molecule has 22 heavy (non-hydrogen) atoms. The van der Waals surface area contributed by atoms with E-state index in [-0.39, 0.29) is 0 Å². The summed E-state index contributed by atoms with van der Waals surface area (Å²) in [6, 6.07) is 8.20. The number of anilines is 1. The van der Waals surface area contributed by atoms with Gasteiger partial charge in [0.15, 0.2) is 11.5 Å². The molecular formula is C16H19N5O. The molecule has 0 bridgehead atoms. The molecule has 114 valence electrons. The van der Waals surface area contributed by atoms with E-state index >= 15 is 0 Å². The monoisotopic (exact) mass is 297 g/mol. The molecule has 0 unspecified atom stereocenters. The third kappa shape index (κ3) is 2.86. The van der Waals surface area contributed by atoms with Gasteiger partial charge >= 0.3 is 0 Å². The average molecular weight is 297 g/mol. The van der Waals surface area contributed by atoms with Gasteiger partial charge in [0.2, 0.25) is 0 Å². The molecular weight excluding hydrogens is 278 g/mol. The van der Waals surface area contributed by atoms with Crippen molar-refractivity contribution in [3.05, 3.63) is 42.5 Å². The first-order valence-electron chi connectivity index (χ1n) is 7.29. The lowest BCUT2D eigenvalue weighted by molar-refractivity contribution is 0.299. The summed E-state index contributed by atoms with van der Waals surface area (Å²) < 4.78 is 7.68. The highest BCUT2D eigenvalue weighted by Gasteiger charge is 2.07. The number of aromatic nitrogens is 4. The molecule has 0 aliphatic carbocycles. The molecule has 0 spiro atoms. The van der Waals surface area contributed by atoms with Crippen LogP contribution in [0.5, 0.6) is 5.75 Å². The summed E-state index contributed by atoms with van der Waals surface area (Å²) in [4.78, 5) is 12.4. The fourth-order valence-electron chi connectivity index (χ4n) is 2.27. The number of imidazole rings is 1. The van der Waals surface area contributed by atoms with E-state index in [9.17, 15) is 0 Å². The van der Waals surface area contributed by atoms with Crippen molar-refractivity contribution < 1.29 is 4.74 Å². The van der Waals surface area contributed by atoms with E-state index in [1.807, 2.05) is 16.7 Å². The molecule has 2 N–H and O–H groups in total. The van der Waals surface area contributed by atoms with Crippen LogP contribution >= 0.6 is 0 Å². The van der Waals surface area contributed by atoms with Crippen molar-refractivity contribution in [1.29, 1.82) is 0 Å². The molecule has 2 heterocycles. The lowest BCUT2D eigenvalue weighted by Gasteiger charge is -2.09. The van der Waals surface area contributed by atoms with E-state index in [1.165, 1.54) is 11.9 Å². The van der Waals surface area contributed by atoms with Gasteiger partial charge in [-0.05, 0) is 23.6 Å². The Labute approximate surface area is 129 Å². The fourth-order valence-corrected chi connectivity index (χ4v) is 2.27. The van der Waals surface area contributed by atoms with Crippen molar-refractivity contribution in [2.24, 2.45) is 0 Å². The number of ether oxygens (including phenoxy) is 1. The summed E-state index contributed by atoms with van der Waals surface area (Å²) in [7, 11) is 0. The van der Waals surface area contributed by atoms with Crippen molar-refractivity contribution >= 4 is 17.0 Å². The summed E-state index contributed by atoms with van der Waals surface area (Å²) in [6.45, 7) is 5.54. The Bertz CT molecular complexity index is 764. The van der Waals surface area contributed by atoms with Gasteiger partial charge in [-0.3, -0.25) is 0 Å². The number of rotatable bonds is 5. The van der Waals surface area contributed by atoms with Crippen LogP contribution in [0.3, 0.4) is 0 Å². The van der Waals surface area contributed by atoms with Crippen molar-refractivity contribution in [2.75, 3.05) is 12.3 Å². The predicted octanol–water partition coefficient (Wildman–Crippen LogP) is 2.61. The SMILES string of the molecule is CC(C)c1ccc(OCCn2cnc3c(N)ncnc32)cc1. The molecule has 0 saturated heterocycles. The maximum absolute atomic E-state index is 5.77. The quantitative estimate of drug-likeness (QED) is 0.783. The van der Waals surface area contributed by atoms with E-state index in [2.05, 4.69) is 40.9 Å². The van der Waals surface area contributed by atoms with Gasteiger partial charge in [-0.2, -0.15) is 0 Å². The first-order valence-corrected chi connectivity index (χ1v) is 7.29. The van der Waals surface area contributed by atoms with Gasteiger partial charge in [-0.1, -0.05) is 26.0 Å². The number of benzene rings is 1. The molecule has 1 aromatic carbocycles. The number of hydrogen-bond acceptors (Lipinski definition) is 5. The maximum Gasteiger partial charge on any atom is 0.165 e. The summed E-state index contributed by atoms with van der Waals surface area (Å²) in [6.07, 6.45) is 3.16. The first-order chi connectivity index (χ1) is 10.6. The van der Waals surface area contributed by atoms with E-state index in [1.54, 1.807) is 6.33 Å². The lowest BCUT2D eigenvalue weighted by Crippen LogP contribution is -2.08. The van der Waals surface area contributed by atoms with Crippen LogP contribution in [0.15, 0.2) is 36.9 Å². The van der Waals surface area contributed by atoms with Gasteiger partial charge < -0.3 is 15.0 Å². The number of fused-ring (bicyclic) bond motifs is 1. The standard InChI is InChI=1S/C16H19N5O/c1-11(2)12-3-5-13(6-4-12)22-8-7-21-10-20-14-15(17)18-9-19-16(14)21/h3-6,9-11H,7-8H2,1-2H3,(H2,17,18,19). The van der Waals surface area contributed by atoms with Crippen LogP contribution in [0.2, 0.25) is 0 Å². The third-order valence-corrected chi connectivity index (χ3v) is 3.58. The molecule has 2 aromatic heterocycles. The van der Waals surface area contributed by atoms with E-state index in [0.717, 1.165) is 11.4 Å². The maximum atomic E-state index is 5.77. The minimum atomic E-state index is 0.397. The zero-order valence-electron chi connectivity index (χ0n) is 12.7. The molecule has 6 nitrogen and oxygen atoms in total. The Morgan fingerprint density at radius 1 is 1.14 bits per heavy atom. The zero-order valence-corrected chi connectivity index (χ0v) is 12.7. The van der Waals surface area contributed by atoms with Gasteiger partial charge in [0, 0.05) is 0 Å². The molecule has 3 rings (SSSR count). The van der Waals surface area contributed by atoms with E-state index < -0.39 is 0 Å². The number of nitrogen functional groups attached to an aromatic ring is 1. The summed E-state index contributed by atoms with van der Waals surface area (Å²) in [5.41, 5.74) is 8.43. The van der Waals surface area contributed by atoms with Crippen LogP contribution in [0.4, 0.5) is 5.82 Å². The Morgan fingerprint density at radius 3 is 2.64 bits per heavy atom. The Kier molecular flexibility index (Phi) is 3.91. The van der Waals surface area contributed by atoms with E-state index in [4.69, 9.17) is 10.5 Å². The number of hydrogen-bond donors (Lipinski definition) is 1. The van der Waals surface area contributed by atoms with Crippen LogP contribution in [-0.2, 0) is 6.54 Å². The second kappa shape index (κ2) is 6.01. The van der Waals surface area contributed by atoms with Crippen LogP contribution in [0.25, 0.3) is 11.2 Å². The highest BCUT2D eigenvalue weighted by atomic mass is 16.5. The largest absolute Gasteiger partial charge is 0.492 e. The predicted molar refractivity (Wildman–Crippen MR) is 85.8 cm³/mol. The summed E-state index contributed by atoms with van der Waals surface area (Å²) in [5, 5.41) is 0. The van der Waals surface area contributed by atoms with Crippen molar-refractivity contribution in [2.45, 2.75) is 26.3 Å². The van der Waals surface area contributed by atoms with Gasteiger partial charge in [0.05, 0.1) is 12.9 Å². The van der Waals surface area contributed by atoms with E-state index in [0.29, 0.717) is 30.4 Å².